The average molecular weight is 263 g/mol. The predicted octanol–water partition coefficient (Wildman–Crippen LogP) is 4.00. The van der Waals surface area contributed by atoms with Gasteiger partial charge in [0.25, 0.3) is 0 Å². The van der Waals surface area contributed by atoms with Crippen molar-refractivity contribution in [2.45, 2.75) is 81.2 Å². The topological polar surface area (TPSA) is 29.1 Å². The van der Waals surface area contributed by atoms with Crippen molar-refractivity contribution in [3.05, 3.63) is 0 Å². The number of unbranched alkanes of at least 4 members (excludes halogenated alkanes) is 8. The summed E-state index contributed by atoms with van der Waals surface area (Å²) in [4.78, 5) is 11.4. The van der Waals surface area contributed by atoms with Crippen LogP contribution in [0.3, 0.4) is 0 Å². The number of hydrogen-bond acceptors (Lipinski definition) is 1. The second-order valence-electron chi connectivity index (χ2n) is 5.28. The number of amides is 1. The van der Waals surface area contributed by atoms with Crippen LogP contribution < -0.4 is 5.32 Å². The van der Waals surface area contributed by atoms with Gasteiger partial charge < -0.3 is 0 Å². The van der Waals surface area contributed by atoms with Gasteiger partial charge in [-0.05, 0) is 0 Å². The van der Waals surface area contributed by atoms with Gasteiger partial charge in [0.1, 0.15) is 0 Å². The summed E-state index contributed by atoms with van der Waals surface area (Å²) in [5, 5.41) is 2.99. The number of carbonyl (C=O) groups is 1. The van der Waals surface area contributed by atoms with Crippen molar-refractivity contribution in [1.82, 2.24) is 5.32 Å². The molecular weight excluding hydrogens is 233 g/mol. The normalized spacial score (nSPS) is 10.6. The van der Waals surface area contributed by atoms with E-state index in [1.54, 1.807) is 0 Å². The van der Waals surface area contributed by atoms with E-state index >= 15 is 0 Å². The van der Waals surface area contributed by atoms with Crippen LogP contribution in [0.25, 0.3) is 0 Å². The standard InChI is InChI=1S/C15H30NO.Na/c1-3-5-6-7-8-9-10-11-12-13-15(17)16-14-4-2;/h2-14H2,1H3,(H,16,17);. The molecule has 0 aliphatic carbocycles. The zero-order valence-electron chi connectivity index (χ0n) is 12.6. The number of carbonyl (C=O) groups excluding carboxylic acids is 1. The predicted molar refractivity (Wildman–Crippen MR) is 80.0 cm³/mol. The fourth-order valence-electron chi connectivity index (χ4n) is 2.09. The fraction of sp³-hybridized carbons (Fsp3) is 0.933. The molecule has 102 valence electrons. The molecule has 1 N–H and O–H groups in total. The van der Waals surface area contributed by atoms with Crippen LogP contribution in [0.2, 0.25) is 3.67 Å². The summed E-state index contributed by atoms with van der Waals surface area (Å²) in [6.07, 6.45) is 13.7. The summed E-state index contributed by atoms with van der Waals surface area (Å²) in [6.45, 7) is 3.15. The molecule has 0 aliphatic heterocycles. The Balaban J connectivity index is 3.08. The quantitative estimate of drug-likeness (QED) is 0.395. The molecule has 0 bridgehead atoms. The molecule has 0 spiro atoms. The molecule has 2 nitrogen and oxygen atoms in total. The first-order chi connectivity index (χ1) is 8.81. The molecule has 0 saturated carbocycles. The van der Waals surface area contributed by atoms with E-state index < -0.39 is 0 Å². The van der Waals surface area contributed by atoms with Crippen molar-refractivity contribution >= 4 is 33.8 Å². The zero-order chi connectivity index (χ0) is 13.5. The molecule has 0 rings (SSSR count). The van der Waals surface area contributed by atoms with Gasteiger partial charge in [-0.3, -0.25) is 0 Å². The first-order valence-corrected chi connectivity index (χ1v) is 9.49. The summed E-state index contributed by atoms with van der Waals surface area (Å²) in [6, 6.07) is 0. The van der Waals surface area contributed by atoms with Gasteiger partial charge in [-0.15, -0.1) is 0 Å². The first kappa shape index (κ1) is 18.5. The number of rotatable bonds is 13. The molecule has 0 radical (unpaired) electrons. The Hall–Kier alpha value is 0.470. The Kier molecular flexibility index (Phi) is 15.9. The van der Waals surface area contributed by atoms with Gasteiger partial charge in [-0.2, -0.15) is 0 Å². The summed E-state index contributed by atoms with van der Waals surface area (Å²) in [5.74, 6) is 0.257. The van der Waals surface area contributed by atoms with Crippen molar-refractivity contribution in [2.24, 2.45) is 0 Å². The molecule has 0 aliphatic rings. The fourth-order valence-corrected chi connectivity index (χ4v) is 2.44. The third-order valence-electron chi connectivity index (χ3n) is 3.36. The zero-order valence-corrected chi connectivity index (χ0v) is 14.6. The summed E-state index contributed by atoms with van der Waals surface area (Å²) >= 11 is 1.25. The van der Waals surface area contributed by atoms with Gasteiger partial charge in [-0.25, -0.2) is 0 Å². The van der Waals surface area contributed by atoms with E-state index in [4.69, 9.17) is 0 Å². The van der Waals surface area contributed by atoms with Crippen molar-refractivity contribution < 1.29 is 4.79 Å². The van der Waals surface area contributed by atoms with Gasteiger partial charge in [0.15, 0.2) is 0 Å². The van der Waals surface area contributed by atoms with Gasteiger partial charge in [0.2, 0.25) is 0 Å². The van der Waals surface area contributed by atoms with E-state index in [2.05, 4.69) is 12.2 Å². The molecule has 0 aromatic rings. The molecule has 18 heavy (non-hydrogen) atoms. The van der Waals surface area contributed by atoms with Crippen molar-refractivity contribution in [2.75, 3.05) is 6.54 Å². The molecule has 0 aromatic heterocycles. The van der Waals surface area contributed by atoms with E-state index in [1.807, 2.05) is 0 Å². The van der Waals surface area contributed by atoms with E-state index in [0.29, 0.717) is 0 Å². The van der Waals surface area contributed by atoms with E-state index in [9.17, 15) is 4.79 Å². The van der Waals surface area contributed by atoms with Crippen molar-refractivity contribution in [1.29, 1.82) is 0 Å². The summed E-state index contributed by atoms with van der Waals surface area (Å²) < 4.78 is 1.29. The number of hydrogen-bond donors (Lipinski definition) is 1. The van der Waals surface area contributed by atoms with Crippen LogP contribution in [0, 0.1) is 0 Å². The van der Waals surface area contributed by atoms with E-state index in [1.165, 1.54) is 83.0 Å². The third-order valence-corrected chi connectivity index (χ3v) is 4.07. The average Bonchev–Trinajstić information content (AvgIpc) is 2.37. The Bertz CT molecular complexity index is 185. The second kappa shape index (κ2) is 15.5. The minimum absolute atomic E-state index is 0.257. The minimum atomic E-state index is 0.257. The number of nitrogens with one attached hydrogen (secondary N) is 1. The Morgan fingerprint density at radius 1 is 0.889 bits per heavy atom. The van der Waals surface area contributed by atoms with Crippen molar-refractivity contribution in [3.63, 3.8) is 0 Å². The maximum absolute atomic E-state index is 11.4. The van der Waals surface area contributed by atoms with Crippen LogP contribution in [0.5, 0.6) is 0 Å². The molecular formula is C15H30NNaO. The van der Waals surface area contributed by atoms with E-state index in [0.717, 1.165) is 25.8 Å². The second-order valence-corrected chi connectivity index (χ2v) is 6.28. The van der Waals surface area contributed by atoms with Gasteiger partial charge in [0.05, 0.1) is 0 Å². The molecule has 3 heteroatoms. The Morgan fingerprint density at radius 3 is 2.00 bits per heavy atom. The molecule has 0 saturated heterocycles. The molecule has 0 atom stereocenters. The first-order valence-electron chi connectivity index (χ1n) is 8.08. The van der Waals surface area contributed by atoms with Crippen LogP contribution in [0.1, 0.15) is 77.6 Å². The van der Waals surface area contributed by atoms with Crippen LogP contribution in [0.15, 0.2) is 0 Å². The van der Waals surface area contributed by atoms with Gasteiger partial charge >= 0.3 is 106 Å². The summed E-state index contributed by atoms with van der Waals surface area (Å²) in [7, 11) is 0. The molecule has 0 fully saturated rings. The molecule has 0 aromatic carbocycles. The van der Waals surface area contributed by atoms with Crippen molar-refractivity contribution in [3.8, 4) is 0 Å². The Labute approximate surface area is 131 Å². The molecule has 1 amide bonds. The van der Waals surface area contributed by atoms with Crippen LogP contribution in [-0.4, -0.2) is 40.4 Å². The molecule has 0 heterocycles. The van der Waals surface area contributed by atoms with Crippen LogP contribution >= 0.6 is 0 Å². The molecule has 0 unspecified atom stereocenters. The summed E-state index contributed by atoms with van der Waals surface area (Å²) in [5.41, 5.74) is 0. The Morgan fingerprint density at radius 2 is 1.44 bits per heavy atom. The monoisotopic (exact) mass is 263 g/mol. The van der Waals surface area contributed by atoms with Crippen LogP contribution in [-0.2, 0) is 4.79 Å². The SMILES string of the molecule is CCCCCCCCCCCC(=O)NCC[CH2][Na]. The van der Waals surface area contributed by atoms with E-state index in [-0.39, 0.29) is 5.91 Å². The van der Waals surface area contributed by atoms with Gasteiger partial charge in [-0.1, -0.05) is 26.2 Å². The third kappa shape index (κ3) is 14.5. The van der Waals surface area contributed by atoms with Gasteiger partial charge in [0, 0.05) is 0 Å². The van der Waals surface area contributed by atoms with Crippen LogP contribution in [0.4, 0.5) is 0 Å². The maximum atomic E-state index is 11.4.